The molecule has 4 heteroatoms. The highest BCUT2D eigenvalue weighted by Crippen LogP contribution is 2.39. The number of nitrogens with zero attached hydrogens (tertiary/aromatic N) is 3. The van der Waals surface area contributed by atoms with Crippen LogP contribution in [0.4, 0.5) is 0 Å². The number of likely N-dealkylation sites (N-methyl/N-ethyl adjacent to an activating group) is 1. The summed E-state index contributed by atoms with van der Waals surface area (Å²) in [5.41, 5.74) is 2.64. The first kappa shape index (κ1) is 15.5. The van der Waals surface area contributed by atoms with Crippen LogP contribution in [0, 0.1) is 0 Å². The summed E-state index contributed by atoms with van der Waals surface area (Å²) in [6.45, 7) is 14.2. The zero-order valence-corrected chi connectivity index (χ0v) is 13.5. The minimum absolute atomic E-state index is 0.446. The molecule has 0 saturated heterocycles. The number of nitrogens with one attached hydrogen (secondary N) is 1. The highest BCUT2D eigenvalue weighted by Gasteiger charge is 2.27. The van der Waals surface area contributed by atoms with Crippen LogP contribution in [0.2, 0.25) is 0 Å². The van der Waals surface area contributed by atoms with Crippen LogP contribution in [-0.4, -0.2) is 40.9 Å². The monoisotopic (exact) mass is 278 g/mol. The van der Waals surface area contributed by atoms with Gasteiger partial charge in [0.05, 0.1) is 11.4 Å². The van der Waals surface area contributed by atoms with Crippen LogP contribution in [0.5, 0.6) is 0 Å². The Morgan fingerprint density at radius 2 is 2.05 bits per heavy atom. The predicted octanol–water partition coefficient (Wildman–Crippen LogP) is 2.77. The fourth-order valence-corrected chi connectivity index (χ4v) is 2.61. The quantitative estimate of drug-likeness (QED) is 0.705. The molecule has 0 spiro atoms. The van der Waals surface area contributed by atoms with Crippen molar-refractivity contribution in [1.82, 2.24) is 20.0 Å². The minimum atomic E-state index is 0.446. The Balaban J connectivity index is 1.85. The fraction of sp³-hybridized carbons (Fsp3) is 0.812. The van der Waals surface area contributed by atoms with Gasteiger partial charge in [0, 0.05) is 31.6 Å². The van der Waals surface area contributed by atoms with E-state index < -0.39 is 0 Å². The third kappa shape index (κ3) is 4.06. The topological polar surface area (TPSA) is 33.1 Å². The van der Waals surface area contributed by atoms with E-state index in [0.29, 0.717) is 6.04 Å². The molecule has 2 rings (SSSR count). The SMILES string of the molecule is CCN(CC)CCNCc1cc(C2CC2)nn1C(C)C. The zero-order valence-electron chi connectivity index (χ0n) is 13.5. The van der Waals surface area contributed by atoms with Crippen LogP contribution in [0.25, 0.3) is 0 Å². The van der Waals surface area contributed by atoms with Gasteiger partial charge in [0.2, 0.25) is 0 Å². The van der Waals surface area contributed by atoms with Gasteiger partial charge >= 0.3 is 0 Å². The third-order valence-electron chi connectivity index (χ3n) is 4.12. The van der Waals surface area contributed by atoms with Gasteiger partial charge in [-0.25, -0.2) is 0 Å². The molecule has 20 heavy (non-hydrogen) atoms. The van der Waals surface area contributed by atoms with Crippen molar-refractivity contribution in [2.75, 3.05) is 26.2 Å². The molecule has 0 aromatic carbocycles. The van der Waals surface area contributed by atoms with Gasteiger partial charge in [-0.3, -0.25) is 4.68 Å². The molecule has 1 aromatic rings. The standard InChI is InChI=1S/C16H30N4/c1-5-19(6-2)10-9-17-12-15-11-16(14-7-8-14)18-20(15)13(3)4/h11,13-14,17H,5-10,12H2,1-4H3. The molecule has 1 aliphatic rings. The van der Waals surface area contributed by atoms with Crippen molar-refractivity contribution in [2.45, 2.75) is 59.0 Å². The van der Waals surface area contributed by atoms with Gasteiger partial charge in [0.1, 0.15) is 0 Å². The van der Waals surface area contributed by atoms with Gasteiger partial charge < -0.3 is 10.2 Å². The molecule has 0 bridgehead atoms. The lowest BCUT2D eigenvalue weighted by molar-refractivity contribution is 0.301. The van der Waals surface area contributed by atoms with Crippen molar-refractivity contribution in [2.24, 2.45) is 0 Å². The Kier molecular flexibility index (Phi) is 5.61. The molecule has 114 valence electrons. The first-order chi connectivity index (χ1) is 9.65. The van der Waals surface area contributed by atoms with Gasteiger partial charge in [0.25, 0.3) is 0 Å². The number of hydrogen-bond donors (Lipinski definition) is 1. The Bertz CT molecular complexity index is 403. The predicted molar refractivity (Wildman–Crippen MR) is 84.1 cm³/mol. The minimum Gasteiger partial charge on any atom is -0.310 e. The summed E-state index contributed by atoms with van der Waals surface area (Å²) in [7, 11) is 0. The van der Waals surface area contributed by atoms with E-state index >= 15 is 0 Å². The first-order valence-electron chi connectivity index (χ1n) is 8.17. The lowest BCUT2D eigenvalue weighted by Gasteiger charge is -2.18. The number of hydrogen-bond acceptors (Lipinski definition) is 3. The van der Waals surface area contributed by atoms with Crippen LogP contribution in [-0.2, 0) is 6.54 Å². The molecule has 1 heterocycles. The lowest BCUT2D eigenvalue weighted by atomic mass is 10.2. The molecule has 1 fully saturated rings. The van der Waals surface area contributed by atoms with Crippen LogP contribution in [0.15, 0.2) is 6.07 Å². The Labute approximate surface area is 123 Å². The van der Waals surface area contributed by atoms with Gasteiger partial charge in [0.15, 0.2) is 0 Å². The highest BCUT2D eigenvalue weighted by molar-refractivity contribution is 5.19. The van der Waals surface area contributed by atoms with Crippen LogP contribution < -0.4 is 5.32 Å². The largest absolute Gasteiger partial charge is 0.310 e. The average molecular weight is 278 g/mol. The van der Waals surface area contributed by atoms with Crippen molar-refractivity contribution in [3.8, 4) is 0 Å². The van der Waals surface area contributed by atoms with E-state index in [1.165, 1.54) is 24.2 Å². The molecule has 0 amide bonds. The molecular weight excluding hydrogens is 248 g/mol. The summed E-state index contributed by atoms with van der Waals surface area (Å²) in [6.07, 6.45) is 2.65. The Morgan fingerprint density at radius 1 is 1.35 bits per heavy atom. The van der Waals surface area contributed by atoms with Crippen molar-refractivity contribution < 1.29 is 0 Å². The van der Waals surface area contributed by atoms with Gasteiger partial charge in [-0.15, -0.1) is 0 Å². The van der Waals surface area contributed by atoms with E-state index in [1.54, 1.807) is 0 Å². The van der Waals surface area contributed by atoms with Crippen molar-refractivity contribution in [3.63, 3.8) is 0 Å². The lowest BCUT2D eigenvalue weighted by Crippen LogP contribution is -2.32. The highest BCUT2D eigenvalue weighted by atomic mass is 15.3. The van der Waals surface area contributed by atoms with Crippen LogP contribution in [0.3, 0.4) is 0 Å². The van der Waals surface area contributed by atoms with Crippen molar-refractivity contribution in [3.05, 3.63) is 17.5 Å². The normalized spacial score (nSPS) is 15.5. The number of rotatable bonds is 9. The smallest absolute Gasteiger partial charge is 0.0659 e. The molecule has 0 aliphatic heterocycles. The summed E-state index contributed by atoms with van der Waals surface area (Å²) >= 11 is 0. The summed E-state index contributed by atoms with van der Waals surface area (Å²) in [6, 6.07) is 2.75. The van der Waals surface area contributed by atoms with Gasteiger partial charge in [-0.2, -0.15) is 5.10 Å². The molecule has 1 saturated carbocycles. The van der Waals surface area contributed by atoms with Crippen molar-refractivity contribution >= 4 is 0 Å². The van der Waals surface area contributed by atoms with Gasteiger partial charge in [-0.05, 0) is 45.8 Å². The van der Waals surface area contributed by atoms with E-state index in [1.807, 2.05) is 0 Å². The molecule has 1 N–H and O–H groups in total. The van der Waals surface area contributed by atoms with E-state index in [2.05, 4.69) is 48.7 Å². The first-order valence-corrected chi connectivity index (χ1v) is 8.17. The van der Waals surface area contributed by atoms with Gasteiger partial charge in [-0.1, -0.05) is 13.8 Å². The summed E-state index contributed by atoms with van der Waals surface area (Å²) in [5.74, 6) is 0.740. The average Bonchev–Trinajstić information content (AvgIpc) is 3.19. The molecule has 0 atom stereocenters. The Morgan fingerprint density at radius 3 is 2.60 bits per heavy atom. The van der Waals surface area contributed by atoms with Crippen LogP contribution in [0.1, 0.15) is 63.9 Å². The van der Waals surface area contributed by atoms with E-state index in [9.17, 15) is 0 Å². The van der Waals surface area contributed by atoms with E-state index in [0.717, 1.165) is 38.6 Å². The number of aromatic nitrogens is 2. The van der Waals surface area contributed by atoms with Crippen LogP contribution >= 0.6 is 0 Å². The van der Waals surface area contributed by atoms with E-state index in [-0.39, 0.29) is 0 Å². The second kappa shape index (κ2) is 7.23. The molecule has 1 aliphatic carbocycles. The van der Waals surface area contributed by atoms with Crippen molar-refractivity contribution in [1.29, 1.82) is 0 Å². The second-order valence-electron chi connectivity index (χ2n) is 6.08. The summed E-state index contributed by atoms with van der Waals surface area (Å²) < 4.78 is 2.19. The second-order valence-corrected chi connectivity index (χ2v) is 6.08. The molecule has 0 unspecified atom stereocenters. The maximum Gasteiger partial charge on any atom is 0.0659 e. The molecule has 1 aromatic heterocycles. The third-order valence-corrected chi connectivity index (χ3v) is 4.12. The summed E-state index contributed by atoms with van der Waals surface area (Å²) in [4.78, 5) is 2.45. The summed E-state index contributed by atoms with van der Waals surface area (Å²) in [5, 5.41) is 8.35. The molecule has 0 radical (unpaired) electrons. The molecular formula is C16H30N4. The maximum absolute atomic E-state index is 4.78. The zero-order chi connectivity index (χ0) is 14.5. The molecule has 4 nitrogen and oxygen atoms in total. The maximum atomic E-state index is 4.78. The fourth-order valence-electron chi connectivity index (χ4n) is 2.61. The van der Waals surface area contributed by atoms with E-state index in [4.69, 9.17) is 5.10 Å². The Hall–Kier alpha value is -0.870.